The number of hydrogen-bond acceptors (Lipinski definition) is 1. The van der Waals surface area contributed by atoms with Crippen LogP contribution in [0.3, 0.4) is 0 Å². The first-order valence-electron chi connectivity index (χ1n) is 4.79. The van der Waals surface area contributed by atoms with Crippen LogP contribution in [0.2, 0.25) is 0 Å². The topological polar surface area (TPSA) is 12.0 Å². The molecule has 1 nitrogen and oxygen atoms in total. The van der Waals surface area contributed by atoms with Crippen LogP contribution in [0.5, 0.6) is 0 Å². The van der Waals surface area contributed by atoms with Gasteiger partial charge in [-0.2, -0.15) is 13.2 Å². The van der Waals surface area contributed by atoms with Gasteiger partial charge in [0.05, 0.1) is 5.56 Å². The zero-order chi connectivity index (χ0) is 12.4. The van der Waals surface area contributed by atoms with Crippen LogP contribution in [0.15, 0.2) is 24.3 Å². The number of likely N-dealkylation sites (N-methyl/N-ethyl adjacent to an activating group) is 1. The highest BCUT2D eigenvalue weighted by molar-refractivity contribution is 5.34. The van der Waals surface area contributed by atoms with Gasteiger partial charge in [-0.3, -0.25) is 0 Å². The molecule has 0 radical (unpaired) electrons. The summed E-state index contributed by atoms with van der Waals surface area (Å²) in [6.45, 7) is 0.966. The Bertz CT molecular complexity index is 357. The van der Waals surface area contributed by atoms with Gasteiger partial charge in [-0.25, -0.2) is 4.39 Å². The van der Waals surface area contributed by atoms with Crippen molar-refractivity contribution in [2.75, 3.05) is 13.6 Å². The molecule has 1 aromatic rings. The zero-order valence-corrected chi connectivity index (χ0v) is 9.03. The summed E-state index contributed by atoms with van der Waals surface area (Å²) in [7, 11) is 1.49. The lowest BCUT2D eigenvalue weighted by Gasteiger charge is -2.24. The third-order valence-electron chi connectivity index (χ3n) is 2.30. The molecule has 1 N–H and O–H groups in total. The molecule has 0 aliphatic rings. The molecule has 1 rings (SSSR count). The second kappa shape index (κ2) is 4.41. The molecule has 5 heteroatoms. The first-order valence-corrected chi connectivity index (χ1v) is 4.79. The van der Waals surface area contributed by atoms with Gasteiger partial charge in [0.25, 0.3) is 0 Å². The largest absolute Gasteiger partial charge is 0.416 e. The highest BCUT2D eigenvalue weighted by Crippen LogP contribution is 2.37. The Labute approximate surface area is 91.5 Å². The quantitative estimate of drug-likeness (QED) is 0.794. The first kappa shape index (κ1) is 13.0. The summed E-state index contributed by atoms with van der Waals surface area (Å²) in [5, 5.41) is 2.54. The molecule has 0 heterocycles. The van der Waals surface area contributed by atoms with E-state index in [2.05, 4.69) is 5.32 Å². The van der Waals surface area contributed by atoms with Crippen LogP contribution in [0.4, 0.5) is 17.6 Å². The van der Waals surface area contributed by atoms with Crippen molar-refractivity contribution >= 4 is 0 Å². The Morgan fingerprint density at radius 3 is 2.00 bits per heavy atom. The van der Waals surface area contributed by atoms with Crippen LogP contribution >= 0.6 is 0 Å². The molecule has 0 amide bonds. The molecule has 0 saturated carbocycles. The Morgan fingerprint density at radius 1 is 1.06 bits per heavy atom. The zero-order valence-electron chi connectivity index (χ0n) is 9.03. The molecule has 1 unspecified atom stereocenters. The number of hydrogen-bond donors (Lipinski definition) is 1. The summed E-state index contributed by atoms with van der Waals surface area (Å²) < 4.78 is 51.9. The van der Waals surface area contributed by atoms with Gasteiger partial charge < -0.3 is 5.32 Å². The molecule has 1 aromatic carbocycles. The lowest BCUT2D eigenvalue weighted by Crippen LogP contribution is -2.31. The monoisotopic (exact) mass is 235 g/mol. The number of alkyl halides is 4. The van der Waals surface area contributed by atoms with Crippen molar-refractivity contribution in [3.63, 3.8) is 0 Å². The maximum absolute atomic E-state index is 14.1. The van der Waals surface area contributed by atoms with Gasteiger partial charge in [-0.1, -0.05) is 18.2 Å². The van der Waals surface area contributed by atoms with Crippen molar-refractivity contribution in [1.82, 2.24) is 5.32 Å². The van der Waals surface area contributed by atoms with Crippen LogP contribution in [-0.4, -0.2) is 13.6 Å². The molecule has 0 aliphatic carbocycles. The minimum absolute atomic E-state index is 0.167. The molecule has 0 spiro atoms. The van der Waals surface area contributed by atoms with E-state index < -0.39 is 17.4 Å². The summed E-state index contributed by atoms with van der Waals surface area (Å²) in [5.41, 5.74) is -3.30. The number of nitrogens with one attached hydrogen (secondary N) is 1. The van der Waals surface area contributed by atoms with Crippen LogP contribution in [0.1, 0.15) is 18.1 Å². The maximum Gasteiger partial charge on any atom is 0.416 e. The molecule has 90 valence electrons. The molecule has 0 saturated heterocycles. The lowest BCUT2D eigenvalue weighted by atomic mass is 9.92. The van der Waals surface area contributed by atoms with E-state index >= 15 is 0 Å². The van der Waals surface area contributed by atoms with Crippen LogP contribution < -0.4 is 5.32 Å². The van der Waals surface area contributed by atoms with Gasteiger partial charge in [0.15, 0.2) is 0 Å². The highest BCUT2D eigenvalue weighted by Gasteiger charge is 2.39. The standard InChI is InChI=1S/C11H13F4N/c1-10(12,7-16-2)8-5-3-4-6-9(8)11(13,14)15/h3-6,16H,7H2,1-2H3. The smallest absolute Gasteiger partial charge is 0.316 e. The average molecular weight is 235 g/mol. The Morgan fingerprint density at radius 2 is 1.56 bits per heavy atom. The Kier molecular flexibility index (Phi) is 3.57. The number of benzene rings is 1. The van der Waals surface area contributed by atoms with Crippen molar-refractivity contribution in [3.05, 3.63) is 35.4 Å². The van der Waals surface area contributed by atoms with E-state index in [1.807, 2.05) is 0 Å². The second-order valence-corrected chi connectivity index (χ2v) is 3.77. The molecule has 0 bridgehead atoms. The molecule has 0 fully saturated rings. The van der Waals surface area contributed by atoms with Crippen molar-refractivity contribution in [1.29, 1.82) is 0 Å². The van der Waals surface area contributed by atoms with Crippen LogP contribution in [0.25, 0.3) is 0 Å². The Hall–Kier alpha value is -1.10. The molecular weight excluding hydrogens is 222 g/mol. The summed E-state index contributed by atoms with van der Waals surface area (Å²) in [6, 6.07) is 4.71. The maximum atomic E-state index is 14.1. The third kappa shape index (κ3) is 2.72. The number of halogens is 4. The first-order chi connectivity index (χ1) is 7.29. The molecule has 1 atom stereocenters. The highest BCUT2D eigenvalue weighted by atomic mass is 19.4. The Balaban J connectivity index is 3.23. The van der Waals surface area contributed by atoms with Gasteiger partial charge in [-0.05, 0) is 20.0 Å². The minimum atomic E-state index is -4.53. The van der Waals surface area contributed by atoms with Crippen molar-refractivity contribution in [3.8, 4) is 0 Å². The van der Waals surface area contributed by atoms with Crippen molar-refractivity contribution < 1.29 is 17.6 Å². The third-order valence-corrected chi connectivity index (χ3v) is 2.30. The fourth-order valence-corrected chi connectivity index (χ4v) is 1.61. The van der Waals surface area contributed by atoms with Gasteiger partial charge >= 0.3 is 6.18 Å². The van der Waals surface area contributed by atoms with Crippen LogP contribution in [-0.2, 0) is 11.8 Å². The van der Waals surface area contributed by atoms with E-state index in [4.69, 9.17) is 0 Å². The van der Waals surface area contributed by atoms with E-state index in [1.165, 1.54) is 25.2 Å². The SMILES string of the molecule is CNCC(C)(F)c1ccccc1C(F)(F)F. The van der Waals surface area contributed by atoms with Crippen molar-refractivity contribution in [2.45, 2.75) is 18.8 Å². The fraction of sp³-hybridized carbons (Fsp3) is 0.455. The summed E-state index contributed by atoms with van der Waals surface area (Å²) in [4.78, 5) is 0. The summed E-state index contributed by atoms with van der Waals surface area (Å²) >= 11 is 0. The van der Waals surface area contributed by atoms with Gasteiger partial charge in [0, 0.05) is 12.1 Å². The number of rotatable bonds is 3. The van der Waals surface area contributed by atoms with Gasteiger partial charge in [0.2, 0.25) is 0 Å². The summed E-state index contributed by atoms with van der Waals surface area (Å²) in [5.74, 6) is 0. The van der Waals surface area contributed by atoms with E-state index in [0.717, 1.165) is 13.0 Å². The molecular formula is C11H13F4N. The predicted molar refractivity (Wildman–Crippen MR) is 53.8 cm³/mol. The van der Waals surface area contributed by atoms with E-state index in [0.29, 0.717) is 0 Å². The lowest BCUT2D eigenvalue weighted by molar-refractivity contribution is -0.139. The fourth-order valence-electron chi connectivity index (χ4n) is 1.61. The van der Waals surface area contributed by atoms with Crippen molar-refractivity contribution in [2.24, 2.45) is 0 Å². The summed E-state index contributed by atoms with van der Waals surface area (Å²) in [6.07, 6.45) is -4.53. The van der Waals surface area contributed by atoms with E-state index in [9.17, 15) is 17.6 Å². The normalized spacial score (nSPS) is 15.9. The molecule has 0 aromatic heterocycles. The predicted octanol–water partition coefficient (Wildman–Crippen LogP) is 3.11. The second-order valence-electron chi connectivity index (χ2n) is 3.77. The van der Waals surface area contributed by atoms with E-state index in [-0.39, 0.29) is 12.1 Å². The average Bonchev–Trinajstić information content (AvgIpc) is 2.16. The van der Waals surface area contributed by atoms with Gasteiger partial charge in [-0.15, -0.1) is 0 Å². The molecule has 16 heavy (non-hydrogen) atoms. The van der Waals surface area contributed by atoms with E-state index in [1.54, 1.807) is 0 Å². The minimum Gasteiger partial charge on any atom is -0.316 e. The van der Waals surface area contributed by atoms with Gasteiger partial charge in [0.1, 0.15) is 5.67 Å². The molecule has 0 aliphatic heterocycles. The van der Waals surface area contributed by atoms with Crippen LogP contribution in [0, 0.1) is 0 Å².